The molecule has 0 unspecified atom stereocenters. The van der Waals surface area contributed by atoms with Crippen molar-refractivity contribution >= 4 is 0 Å². The van der Waals surface area contributed by atoms with Gasteiger partial charge in [0.1, 0.15) is 0 Å². The molecule has 0 aliphatic carbocycles. The molecule has 8 heteroatoms. The molecule has 0 aliphatic heterocycles. The first-order chi connectivity index (χ1) is 1.00. The molecule has 8 heavy (non-hydrogen) atoms. The van der Waals surface area contributed by atoms with Crippen molar-refractivity contribution in [1.82, 2.24) is 0 Å². The van der Waals surface area contributed by atoms with Crippen molar-refractivity contribution in [1.29, 1.82) is 0 Å². The third kappa shape index (κ3) is 202. The standard InChI is InChI=1S/Co.Mn.Ni.4H2O.O/h;;;4*1H2;/q;2*+2;;;;;/p-4. The quantitative estimate of drug-likeness (QED) is 0.521. The van der Waals surface area contributed by atoms with Crippen molar-refractivity contribution in [2.45, 2.75) is 0 Å². The van der Waals surface area contributed by atoms with Gasteiger partial charge < -0.3 is 21.9 Å². The Kier molecular flexibility index (Phi) is 5090. The molecule has 60 valence electrons. The van der Waals surface area contributed by atoms with Gasteiger partial charge in [-0.2, -0.15) is 0 Å². The Morgan fingerprint density at radius 3 is 0.750 bits per heavy atom. The molecular weight excluding hydrogens is 253 g/mol. The monoisotopic (exact) mass is 256 g/mol. The summed E-state index contributed by atoms with van der Waals surface area (Å²) in [6.45, 7) is 0. The first kappa shape index (κ1) is 131. The molecule has 0 aromatic rings. The number of hydrogen-bond acceptors (Lipinski definition) is 5. The molecule has 0 aliphatic rings. The van der Waals surface area contributed by atoms with Crippen LogP contribution in [0.1, 0.15) is 0 Å². The summed E-state index contributed by atoms with van der Waals surface area (Å²) in [5.74, 6) is 0. The maximum atomic E-state index is 7.94. The normalized spacial score (nSPS) is 0.625. The minimum absolute atomic E-state index is 0. The SMILES string of the molecule is [Mn+2].[Ni+2].[OH-].[OH-].[OH-].[OH-].[O]=[Co]. The van der Waals surface area contributed by atoms with Crippen LogP contribution in [0.2, 0.25) is 0 Å². The van der Waals surface area contributed by atoms with Crippen molar-refractivity contribution in [2.75, 3.05) is 0 Å². The summed E-state index contributed by atoms with van der Waals surface area (Å²) in [5, 5.41) is 0. The van der Waals surface area contributed by atoms with Crippen LogP contribution in [0.25, 0.3) is 0 Å². The van der Waals surface area contributed by atoms with Gasteiger partial charge in [-0.1, -0.05) is 0 Å². The van der Waals surface area contributed by atoms with Gasteiger partial charge in [0.2, 0.25) is 0 Å². The van der Waals surface area contributed by atoms with E-state index < -0.39 is 0 Å². The van der Waals surface area contributed by atoms with Crippen LogP contribution >= 0.6 is 0 Å². The first-order valence-electron chi connectivity index (χ1n) is 0.136. The fourth-order valence-electron chi connectivity index (χ4n) is 0. The zero-order chi connectivity index (χ0) is 2.00. The van der Waals surface area contributed by atoms with Crippen LogP contribution in [0.3, 0.4) is 0 Å². The number of rotatable bonds is 0. The van der Waals surface area contributed by atoms with E-state index in [0.29, 0.717) is 0 Å². The molecule has 0 rings (SSSR count). The van der Waals surface area contributed by atoms with Crippen LogP contribution < -0.4 is 0 Å². The zero-order valence-electron chi connectivity index (χ0n) is 3.22. The molecule has 0 fully saturated rings. The summed E-state index contributed by atoms with van der Waals surface area (Å²) in [6, 6.07) is 0. The molecule has 0 atom stereocenters. The third-order valence-electron chi connectivity index (χ3n) is 0. The summed E-state index contributed by atoms with van der Waals surface area (Å²) < 4.78 is 7.94. The van der Waals surface area contributed by atoms with Crippen LogP contribution in [0.15, 0.2) is 0 Å². The number of hydrogen-bond donors (Lipinski definition) is 0. The molecule has 0 heterocycles. The van der Waals surface area contributed by atoms with Gasteiger partial charge in [0.25, 0.3) is 0 Å². The van der Waals surface area contributed by atoms with Gasteiger partial charge in [-0.25, -0.2) is 0 Å². The van der Waals surface area contributed by atoms with Gasteiger partial charge >= 0.3 is 53.1 Å². The van der Waals surface area contributed by atoms with Crippen molar-refractivity contribution in [3.8, 4) is 0 Å². The summed E-state index contributed by atoms with van der Waals surface area (Å²) >= 11 is 2.31. The first-order valence-corrected chi connectivity index (χ1v) is 0.561. The second-order valence-corrected chi connectivity index (χ2v) is 0. The Bertz CT molecular complexity index is 12.4. The summed E-state index contributed by atoms with van der Waals surface area (Å²) in [5.41, 5.74) is 0. The van der Waals surface area contributed by atoms with Gasteiger partial charge in [0, 0.05) is 0 Å². The molecule has 0 bridgehead atoms. The fourth-order valence-corrected chi connectivity index (χ4v) is 0. The molecule has 0 aromatic heterocycles. The molecule has 0 spiro atoms. The van der Waals surface area contributed by atoms with Crippen molar-refractivity contribution in [3.63, 3.8) is 0 Å². The Morgan fingerprint density at radius 2 is 0.750 bits per heavy atom. The molecule has 1 radical (unpaired) electrons. The predicted molar refractivity (Wildman–Crippen MR) is 8.43 cm³/mol. The van der Waals surface area contributed by atoms with Crippen LogP contribution in [0, 0.1) is 0 Å². The predicted octanol–water partition coefficient (Wildman–Crippen LogP) is -0.833. The fraction of sp³-hybridized carbons (Fsp3) is 0. The van der Waals surface area contributed by atoms with E-state index in [0.717, 1.165) is 0 Å². The van der Waals surface area contributed by atoms with E-state index in [-0.39, 0.29) is 55.5 Å². The van der Waals surface area contributed by atoms with Crippen molar-refractivity contribution in [2.24, 2.45) is 0 Å². The summed E-state index contributed by atoms with van der Waals surface area (Å²) in [7, 11) is 0. The Hall–Kier alpha value is 1.16. The zero-order valence-corrected chi connectivity index (χ0v) is 6.43. The van der Waals surface area contributed by atoms with Gasteiger partial charge in [-0.3, -0.25) is 0 Å². The topological polar surface area (TPSA) is 137 Å². The molecule has 0 aromatic carbocycles. The van der Waals surface area contributed by atoms with E-state index in [2.05, 4.69) is 15.7 Å². The average Bonchev–Trinajstić information content (AvgIpc) is 1.00. The van der Waals surface area contributed by atoms with E-state index in [1.54, 1.807) is 0 Å². The summed E-state index contributed by atoms with van der Waals surface area (Å²) in [6.07, 6.45) is 0. The van der Waals surface area contributed by atoms with Gasteiger partial charge in [-0.15, -0.1) is 0 Å². The second-order valence-electron chi connectivity index (χ2n) is 0. The van der Waals surface area contributed by atoms with E-state index in [1.807, 2.05) is 0 Å². The Labute approximate surface area is 75.0 Å². The molecular formula is H4CoMnNiO5. The van der Waals surface area contributed by atoms with Gasteiger partial charge in [0.05, 0.1) is 0 Å². The second kappa shape index (κ2) is 311. The van der Waals surface area contributed by atoms with Crippen molar-refractivity contribution in [3.05, 3.63) is 0 Å². The van der Waals surface area contributed by atoms with E-state index in [1.165, 1.54) is 0 Å². The van der Waals surface area contributed by atoms with E-state index >= 15 is 0 Å². The van der Waals surface area contributed by atoms with Crippen LogP contribution in [-0.4, -0.2) is 21.9 Å². The van der Waals surface area contributed by atoms with Crippen LogP contribution in [-0.2, 0) is 53.1 Å². The maximum absolute atomic E-state index is 7.94. The Balaban J connectivity index is -0.000000000333. The molecule has 0 amide bonds. The molecule has 5 nitrogen and oxygen atoms in total. The molecule has 0 saturated carbocycles. The van der Waals surface area contributed by atoms with Gasteiger partial charge in [0.15, 0.2) is 0 Å². The average molecular weight is 257 g/mol. The summed E-state index contributed by atoms with van der Waals surface area (Å²) in [4.78, 5) is 0. The molecule has 4 N–H and O–H groups in total. The Morgan fingerprint density at radius 1 is 0.750 bits per heavy atom. The van der Waals surface area contributed by atoms with Crippen LogP contribution in [0.4, 0.5) is 0 Å². The third-order valence-corrected chi connectivity index (χ3v) is 0. The molecule has 0 saturated heterocycles. The van der Waals surface area contributed by atoms with Crippen LogP contribution in [0.5, 0.6) is 0 Å². The van der Waals surface area contributed by atoms with Gasteiger partial charge in [-0.05, 0) is 0 Å². The van der Waals surface area contributed by atoms with E-state index in [4.69, 9.17) is 3.87 Å². The van der Waals surface area contributed by atoms with E-state index in [9.17, 15) is 0 Å². The van der Waals surface area contributed by atoms with Crippen molar-refractivity contribution < 1.29 is 75.0 Å². The minimum atomic E-state index is 0.